The van der Waals surface area contributed by atoms with E-state index in [9.17, 15) is 14.7 Å². The number of carbonyl (C=O) groups is 2. The van der Waals surface area contributed by atoms with E-state index in [4.69, 9.17) is 4.74 Å². The Labute approximate surface area is 102 Å². The normalized spacial score (nSPS) is 25.1. The predicted molar refractivity (Wildman–Crippen MR) is 63.5 cm³/mol. The van der Waals surface area contributed by atoms with Gasteiger partial charge in [-0.2, -0.15) is 0 Å². The standard InChI is InChI=1S/C13H22O4/c1-4-5-8-17-11(15)13(12(2,3)16)7-6-10(14)9-13/h16H,4-9H2,1-3H3. The SMILES string of the molecule is CCCCOC(=O)C1(C(C)(C)O)CCC(=O)C1. The Balaban J connectivity index is 2.78. The monoisotopic (exact) mass is 242 g/mol. The summed E-state index contributed by atoms with van der Waals surface area (Å²) in [6.07, 6.45) is 2.60. The second-order valence-corrected chi connectivity index (χ2v) is 5.35. The van der Waals surface area contributed by atoms with E-state index in [0.717, 1.165) is 12.8 Å². The first-order valence-electron chi connectivity index (χ1n) is 6.25. The van der Waals surface area contributed by atoms with Crippen molar-refractivity contribution >= 4 is 11.8 Å². The number of carbonyl (C=O) groups excluding carboxylic acids is 2. The van der Waals surface area contributed by atoms with Gasteiger partial charge in [0.05, 0.1) is 12.2 Å². The minimum atomic E-state index is -1.22. The molecule has 1 atom stereocenters. The molecule has 0 amide bonds. The maximum Gasteiger partial charge on any atom is 0.315 e. The summed E-state index contributed by atoms with van der Waals surface area (Å²) in [6, 6.07) is 0. The number of ketones is 1. The zero-order valence-corrected chi connectivity index (χ0v) is 10.9. The topological polar surface area (TPSA) is 63.6 Å². The molecule has 0 aromatic heterocycles. The molecule has 1 N–H and O–H groups in total. The van der Waals surface area contributed by atoms with E-state index in [-0.39, 0.29) is 12.2 Å². The highest BCUT2D eigenvalue weighted by Gasteiger charge is 2.55. The van der Waals surface area contributed by atoms with Crippen molar-refractivity contribution in [2.24, 2.45) is 5.41 Å². The van der Waals surface area contributed by atoms with Crippen LogP contribution in [0.4, 0.5) is 0 Å². The van der Waals surface area contributed by atoms with Crippen LogP contribution in [0.25, 0.3) is 0 Å². The Hall–Kier alpha value is -0.900. The van der Waals surface area contributed by atoms with Crippen LogP contribution >= 0.6 is 0 Å². The summed E-state index contributed by atoms with van der Waals surface area (Å²) in [6.45, 7) is 5.53. The fourth-order valence-corrected chi connectivity index (χ4v) is 2.26. The van der Waals surface area contributed by atoms with Crippen LogP contribution in [0.15, 0.2) is 0 Å². The Kier molecular flexibility index (Phi) is 4.31. The number of Topliss-reactive ketones (excluding diaryl/α,β-unsaturated/α-hetero) is 1. The third kappa shape index (κ3) is 2.86. The Bertz CT molecular complexity index is 303. The molecule has 0 aromatic rings. The van der Waals surface area contributed by atoms with Gasteiger partial charge < -0.3 is 9.84 Å². The smallest absolute Gasteiger partial charge is 0.315 e. The molecule has 1 rings (SSSR count). The largest absolute Gasteiger partial charge is 0.465 e. The third-order valence-corrected chi connectivity index (χ3v) is 3.62. The Morgan fingerprint density at radius 3 is 2.59 bits per heavy atom. The fraction of sp³-hybridized carbons (Fsp3) is 0.846. The van der Waals surface area contributed by atoms with Crippen LogP contribution < -0.4 is 0 Å². The number of ether oxygens (including phenoxy) is 1. The number of rotatable bonds is 5. The zero-order chi connectivity index (χ0) is 13.1. The maximum atomic E-state index is 12.1. The van der Waals surface area contributed by atoms with Gasteiger partial charge in [-0.3, -0.25) is 9.59 Å². The van der Waals surface area contributed by atoms with Gasteiger partial charge in [0, 0.05) is 12.8 Å². The Morgan fingerprint density at radius 2 is 2.18 bits per heavy atom. The molecule has 0 heterocycles. The molecule has 0 aromatic carbocycles. The molecule has 1 fully saturated rings. The number of hydrogen-bond donors (Lipinski definition) is 1. The van der Waals surface area contributed by atoms with Gasteiger partial charge in [0.1, 0.15) is 11.2 Å². The van der Waals surface area contributed by atoms with E-state index in [0.29, 0.717) is 19.4 Å². The van der Waals surface area contributed by atoms with Gasteiger partial charge in [0.25, 0.3) is 0 Å². The minimum absolute atomic E-state index is 0.0274. The lowest BCUT2D eigenvalue weighted by Gasteiger charge is -2.37. The summed E-state index contributed by atoms with van der Waals surface area (Å²) in [4.78, 5) is 23.5. The van der Waals surface area contributed by atoms with Gasteiger partial charge in [-0.05, 0) is 26.7 Å². The number of unbranched alkanes of at least 4 members (excludes halogenated alkanes) is 1. The van der Waals surface area contributed by atoms with Gasteiger partial charge >= 0.3 is 5.97 Å². The summed E-state index contributed by atoms with van der Waals surface area (Å²) in [5, 5.41) is 10.2. The Morgan fingerprint density at radius 1 is 1.53 bits per heavy atom. The van der Waals surface area contributed by atoms with Crippen LogP contribution in [-0.4, -0.2) is 29.1 Å². The molecule has 17 heavy (non-hydrogen) atoms. The highest BCUT2D eigenvalue weighted by Crippen LogP contribution is 2.45. The van der Waals surface area contributed by atoms with Crippen LogP contribution in [-0.2, 0) is 14.3 Å². The van der Waals surface area contributed by atoms with Crippen molar-refractivity contribution < 1.29 is 19.4 Å². The molecule has 0 radical (unpaired) electrons. The molecule has 4 nitrogen and oxygen atoms in total. The van der Waals surface area contributed by atoms with Crippen LogP contribution in [0, 0.1) is 5.41 Å². The lowest BCUT2D eigenvalue weighted by Crippen LogP contribution is -2.48. The van der Waals surface area contributed by atoms with Gasteiger partial charge in [-0.25, -0.2) is 0 Å². The predicted octanol–water partition coefficient (Wildman–Crippen LogP) is 1.84. The number of esters is 1. The van der Waals surface area contributed by atoms with Gasteiger partial charge in [-0.1, -0.05) is 13.3 Å². The molecule has 0 aliphatic heterocycles. The van der Waals surface area contributed by atoms with Gasteiger partial charge in [-0.15, -0.1) is 0 Å². The van der Waals surface area contributed by atoms with E-state index in [1.165, 1.54) is 0 Å². The van der Waals surface area contributed by atoms with Gasteiger partial charge in [0.2, 0.25) is 0 Å². The van der Waals surface area contributed by atoms with Crippen molar-refractivity contribution in [3.8, 4) is 0 Å². The van der Waals surface area contributed by atoms with E-state index in [1.54, 1.807) is 13.8 Å². The van der Waals surface area contributed by atoms with Crippen molar-refractivity contribution in [3.05, 3.63) is 0 Å². The molecule has 1 aliphatic rings. The lowest BCUT2D eigenvalue weighted by atomic mass is 9.72. The second kappa shape index (κ2) is 5.17. The number of hydrogen-bond acceptors (Lipinski definition) is 4. The van der Waals surface area contributed by atoms with Crippen molar-refractivity contribution in [3.63, 3.8) is 0 Å². The van der Waals surface area contributed by atoms with Crippen LogP contribution in [0.5, 0.6) is 0 Å². The maximum absolute atomic E-state index is 12.1. The molecule has 0 spiro atoms. The average Bonchev–Trinajstić information content (AvgIpc) is 2.61. The lowest BCUT2D eigenvalue weighted by molar-refractivity contribution is -0.172. The molecule has 1 unspecified atom stereocenters. The summed E-state index contributed by atoms with van der Waals surface area (Å²) in [7, 11) is 0. The van der Waals surface area contributed by atoms with Crippen LogP contribution in [0.3, 0.4) is 0 Å². The van der Waals surface area contributed by atoms with Crippen LogP contribution in [0.2, 0.25) is 0 Å². The molecule has 0 saturated heterocycles. The molecular weight excluding hydrogens is 220 g/mol. The average molecular weight is 242 g/mol. The van der Waals surface area contributed by atoms with E-state index < -0.39 is 17.0 Å². The quantitative estimate of drug-likeness (QED) is 0.590. The third-order valence-electron chi connectivity index (χ3n) is 3.62. The minimum Gasteiger partial charge on any atom is -0.465 e. The fourth-order valence-electron chi connectivity index (χ4n) is 2.26. The summed E-state index contributed by atoms with van der Waals surface area (Å²) in [5.74, 6) is -0.399. The molecule has 1 aliphatic carbocycles. The highest BCUT2D eigenvalue weighted by atomic mass is 16.5. The second-order valence-electron chi connectivity index (χ2n) is 5.35. The number of aliphatic hydroxyl groups is 1. The molecular formula is C13H22O4. The first-order valence-corrected chi connectivity index (χ1v) is 6.25. The molecule has 98 valence electrons. The van der Waals surface area contributed by atoms with E-state index in [1.807, 2.05) is 6.92 Å². The van der Waals surface area contributed by atoms with Crippen molar-refractivity contribution in [2.75, 3.05) is 6.61 Å². The van der Waals surface area contributed by atoms with E-state index in [2.05, 4.69) is 0 Å². The highest BCUT2D eigenvalue weighted by molar-refractivity contribution is 5.91. The molecule has 1 saturated carbocycles. The summed E-state index contributed by atoms with van der Waals surface area (Å²) >= 11 is 0. The van der Waals surface area contributed by atoms with Gasteiger partial charge in [0.15, 0.2) is 0 Å². The summed E-state index contributed by atoms with van der Waals surface area (Å²) in [5.41, 5.74) is -2.26. The zero-order valence-electron chi connectivity index (χ0n) is 10.9. The van der Waals surface area contributed by atoms with E-state index >= 15 is 0 Å². The van der Waals surface area contributed by atoms with Crippen molar-refractivity contribution in [1.29, 1.82) is 0 Å². The summed E-state index contributed by atoms with van der Waals surface area (Å²) < 4.78 is 5.19. The first kappa shape index (κ1) is 14.2. The molecule has 0 bridgehead atoms. The van der Waals surface area contributed by atoms with Crippen LogP contribution in [0.1, 0.15) is 52.9 Å². The molecule has 4 heteroatoms. The first-order chi connectivity index (χ1) is 7.83. The van der Waals surface area contributed by atoms with Crippen molar-refractivity contribution in [2.45, 2.75) is 58.5 Å². The van der Waals surface area contributed by atoms with Crippen molar-refractivity contribution in [1.82, 2.24) is 0 Å².